The molecule has 6 nitrogen and oxygen atoms in total. The lowest BCUT2D eigenvalue weighted by atomic mass is 9.90. The van der Waals surface area contributed by atoms with Crippen molar-refractivity contribution < 1.29 is 28.5 Å². The van der Waals surface area contributed by atoms with Crippen LogP contribution in [0.15, 0.2) is 109 Å². The quantitative estimate of drug-likeness (QED) is 0.111. The van der Waals surface area contributed by atoms with E-state index in [1.165, 1.54) is 0 Å². The highest BCUT2D eigenvalue weighted by Gasteiger charge is 2.52. The molecule has 0 bridgehead atoms. The molecule has 5 rings (SSSR count). The minimum Gasteiger partial charge on any atom is -0.413 e. The van der Waals surface area contributed by atoms with Crippen LogP contribution in [-0.4, -0.2) is 50.6 Å². The van der Waals surface area contributed by atoms with Crippen molar-refractivity contribution in [3.05, 3.63) is 130 Å². The van der Waals surface area contributed by atoms with Gasteiger partial charge in [0.25, 0.3) is 0 Å². The molecular formula is C41H54O6SSi. The molecule has 1 aromatic heterocycles. The van der Waals surface area contributed by atoms with E-state index in [-0.39, 0.29) is 6.61 Å². The smallest absolute Gasteiger partial charge is 0.200 e. The summed E-state index contributed by atoms with van der Waals surface area (Å²) in [6.07, 6.45) is -3.88. The monoisotopic (exact) mass is 702 g/mol. The van der Waals surface area contributed by atoms with Crippen molar-refractivity contribution in [3.63, 3.8) is 0 Å². The summed E-state index contributed by atoms with van der Waals surface area (Å²) in [6.45, 7) is 14.8. The number of hydrogen-bond acceptors (Lipinski definition) is 7. The van der Waals surface area contributed by atoms with Gasteiger partial charge in [0.2, 0.25) is 0 Å². The van der Waals surface area contributed by atoms with Crippen molar-refractivity contribution >= 4 is 19.7 Å². The molecular weight excluding hydrogens is 649 g/mol. The van der Waals surface area contributed by atoms with E-state index in [1.807, 2.05) is 78.2 Å². The highest BCUT2D eigenvalue weighted by molar-refractivity contribution is 7.10. The van der Waals surface area contributed by atoms with Crippen LogP contribution in [-0.2, 0) is 43.2 Å². The van der Waals surface area contributed by atoms with Crippen LogP contribution in [0.2, 0.25) is 16.6 Å². The summed E-state index contributed by atoms with van der Waals surface area (Å²) >= 11 is 1.62. The minimum atomic E-state index is -2.27. The van der Waals surface area contributed by atoms with Crippen LogP contribution in [0.5, 0.6) is 0 Å². The molecule has 0 aliphatic carbocycles. The third-order valence-corrected chi connectivity index (χ3v) is 16.9. The van der Waals surface area contributed by atoms with Crippen molar-refractivity contribution in [1.29, 1.82) is 0 Å². The lowest BCUT2D eigenvalue weighted by Gasteiger charge is -2.48. The second-order valence-corrected chi connectivity index (χ2v) is 20.5. The van der Waals surface area contributed by atoms with E-state index in [2.05, 4.69) is 71.9 Å². The van der Waals surface area contributed by atoms with E-state index in [0.717, 1.165) is 21.6 Å². The molecule has 0 amide bonds. The minimum absolute atomic E-state index is 0.161. The topological polar surface area (TPSA) is 66.4 Å². The molecule has 0 spiro atoms. The first-order valence-electron chi connectivity index (χ1n) is 17.7. The Morgan fingerprint density at radius 3 is 1.49 bits per heavy atom. The lowest BCUT2D eigenvalue weighted by molar-refractivity contribution is -0.283. The summed E-state index contributed by atoms with van der Waals surface area (Å²) in [5, 5.41) is 14.2. The van der Waals surface area contributed by atoms with Gasteiger partial charge in [-0.05, 0) is 44.8 Å². The maximum Gasteiger partial charge on any atom is 0.200 e. The SMILES string of the molecule is CC(C)[Si](OC[C@@H](O)[C@H]1O[C@H](c2cccs2)[C@@H](OCc2ccccc2)[C@@H](OCc2ccccc2)[C@@H]1OCc1ccccc1)(C(C)C)C(C)C. The zero-order valence-electron chi connectivity index (χ0n) is 29.8. The van der Waals surface area contributed by atoms with Gasteiger partial charge in [-0.15, -0.1) is 11.3 Å². The Labute approximate surface area is 298 Å². The molecule has 0 radical (unpaired) electrons. The Hall–Kier alpha value is -2.66. The molecule has 3 aromatic carbocycles. The van der Waals surface area contributed by atoms with Crippen LogP contribution < -0.4 is 0 Å². The third-order valence-electron chi connectivity index (χ3n) is 9.84. The van der Waals surface area contributed by atoms with Crippen molar-refractivity contribution in [2.24, 2.45) is 0 Å². The largest absolute Gasteiger partial charge is 0.413 e. The normalized spacial score (nSPS) is 22.2. The molecule has 1 N–H and O–H groups in total. The Kier molecular flexibility index (Phi) is 13.8. The zero-order chi connectivity index (χ0) is 34.8. The summed E-state index contributed by atoms with van der Waals surface area (Å²) in [5.74, 6) is 0. The first-order chi connectivity index (χ1) is 23.7. The van der Waals surface area contributed by atoms with Gasteiger partial charge < -0.3 is 28.5 Å². The predicted octanol–water partition coefficient (Wildman–Crippen LogP) is 9.50. The summed E-state index contributed by atoms with van der Waals surface area (Å²) in [4.78, 5) is 1.02. The van der Waals surface area contributed by atoms with Crippen molar-refractivity contribution in [3.8, 4) is 0 Å². The van der Waals surface area contributed by atoms with Crippen molar-refractivity contribution in [2.75, 3.05) is 6.61 Å². The van der Waals surface area contributed by atoms with Gasteiger partial charge in [0.05, 0.1) is 26.4 Å². The molecule has 1 aliphatic heterocycles. The van der Waals surface area contributed by atoms with Crippen LogP contribution in [0.4, 0.5) is 0 Å². The van der Waals surface area contributed by atoms with Crippen LogP contribution in [0.25, 0.3) is 0 Å². The van der Waals surface area contributed by atoms with E-state index >= 15 is 0 Å². The van der Waals surface area contributed by atoms with Gasteiger partial charge in [-0.2, -0.15) is 0 Å². The Balaban J connectivity index is 1.52. The fourth-order valence-corrected chi connectivity index (χ4v) is 13.8. The molecule has 1 aliphatic rings. The number of ether oxygens (including phenoxy) is 4. The Morgan fingerprint density at radius 1 is 0.612 bits per heavy atom. The molecule has 6 atom stereocenters. The number of rotatable bonds is 17. The number of thiophene rings is 1. The lowest BCUT2D eigenvalue weighted by Crippen LogP contribution is -2.61. The molecule has 1 saturated heterocycles. The summed E-state index contributed by atoms with van der Waals surface area (Å²) in [6, 6.07) is 34.5. The molecule has 2 heterocycles. The average molecular weight is 703 g/mol. The Morgan fingerprint density at radius 2 is 1.06 bits per heavy atom. The molecule has 4 aromatic rings. The van der Waals surface area contributed by atoms with Gasteiger partial charge >= 0.3 is 0 Å². The zero-order valence-corrected chi connectivity index (χ0v) is 31.6. The van der Waals surface area contributed by atoms with Crippen molar-refractivity contribution in [1.82, 2.24) is 0 Å². The van der Waals surface area contributed by atoms with E-state index in [4.69, 9.17) is 23.4 Å². The molecule has 0 unspecified atom stereocenters. The van der Waals surface area contributed by atoms with Gasteiger partial charge in [0.1, 0.15) is 36.6 Å². The average Bonchev–Trinajstić information content (AvgIpc) is 3.65. The molecule has 264 valence electrons. The van der Waals surface area contributed by atoms with Gasteiger partial charge in [-0.1, -0.05) is 139 Å². The molecule has 0 saturated carbocycles. The van der Waals surface area contributed by atoms with Crippen LogP contribution in [0.3, 0.4) is 0 Å². The van der Waals surface area contributed by atoms with Gasteiger partial charge in [0.15, 0.2) is 8.32 Å². The van der Waals surface area contributed by atoms with E-state index in [0.29, 0.717) is 36.4 Å². The van der Waals surface area contributed by atoms with E-state index in [9.17, 15) is 5.11 Å². The van der Waals surface area contributed by atoms with Crippen LogP contribution in [0, 0.1) is 0 Å². The molecule has 49 heavy (non-hydrogen) atoms. The number of hydrogen-bond donors (Lipinski definition) is 1. The molecule has 1 fully saturated rings. The van der Waals surface area contributed by atoms with E-state index < -0.39 is 44.9 Å². The van der Waals surface area contributed by atoms with Gasteiger partial charge in [-0.25, -0.2) is 0 Å². The van der Waals surface area contributed by atoms with Crippen molar-refractivity contribution in [2.45, 2.75) is 115 Å². The van der Waals surface area contributed by atoms with Crippen LogP contribution in [0.1, 0.15) is 69.2 Å². The van der Waals surface area contributed by atoms with Gasteiger partial charge in [-0.3, -0.25) is 0 Å². The fourth-order valence-electron chi connectivity index (χ4n) is 7.55. The fraction of sp³-hybridized carbons (Fsp3) is 0.463. The predicted molar refractivity (Wildman–Crippen MR) is 200 cm³/mol. The van der Waals surface area contributed by atoms with Crippen LogP contribution >= 0.6 is 11.3 Å². The first-order valence-corrected chi connectivity index (χ1v) is 20.7. The number of aliphatic hydroxyl groups excluding tert-OH is 1. The second kappa shape index (κ2) is 18.0. The maximum absolute atomic E-state index is 12.2. The maximum atomic E-state index is 12.2. The highest BCUT2D eigenvalue weighted by Crippen LogP contribution is 2.44. The summed E-state index contributed by atoms with van der Waals surface area (Å²) < 4.78 is 34.4. The standard InChI is InChI=1S/C41H54O6SSi/c1-29(2)49(30(3)4,31(5)6)46-28-35(42)37-39(43-25-32-17-10-7-11-18-32)41(45-27-34-21-14-9-15-22-34)40(38(47-37)36-23-16-24-48-36)44-26-33-19-12-8-13-20-33/h7-24,29-31,35,37-42H,25-28H2,1-6H3/t35-,37-,38-,39-,40-,41+/m1/s1. The van der Waals surface area contributed by atoms with E-state index in [1.54, 1.807) is 11.3 Å². The first kappa shape index (κ1) is 37.6. The van der Waals surface area contributed by atoms with Gasteiger partial charge in [0, 0.05) is 4.88 Å². The number of benzene rings is 3. The summed E-state index contributed by atoms with van der Waals surface area (Å²) in [5.41, 5.74) is 4.29. The number of aliphatic hydroxyl groups is 1. The Bertz CT molecular complexity index is 1460. The highest BCUT2D eigenvalue weighted by atomic mass is 32.1. The molecule has 8 heteroatoms. The second-order valence-electron chi connectivity index (χ2n) is 14.0. The third kappa shape index (κ3) is 9.37. The summed E-state index contributed by atoms with van der Waals surface area (Å²) in [7, 11) is -2.27.